The molecule has 0 saturated heterocycles. The highest BCUT2D eigenvalue weighted by Gasteiger charge is 2.03. The number of hydrogen-bond donors (Lipinski definition) is 1. The first kappa shape index (κ1) is 26.2. The normalized spacial score (nSPS) is 9.58. The summed E-state index contributed by atoms with van der Waals surface area (Å²) in [5.41, 5.74) is 0.969. The van der Waals surface area contributed by atoms with Gasteiger partial charge in [-0.3, -0.25) is 19.6 Å². The number of nitrogens with zero attached hydrogens (tertiary/aromatic N) is 2. The molecule has 0 unspecified atom stereocenters. The Labute approximate surface area is 204 Å². The number of rotatable bonds is 4. The highest BCUT2D eigenvalue weighted by atomic mass is 35.5. The van der Waals surface area contributed by atoms with Crippen LogP contribution >= 0.6 is 36.0 Å². The average Bonchev–Trinajstić information content (AvgIpc) is 2.84. The zero-order valence-electron chi connectivity index (χ0n) is 16.9. The number of carbonyl (C=O) groups is 2. The number of hydrogen-bond acceptors (Lipinski definition) is 6. The van der Waals surface area contributed by atoms with Gasteiger partial charge in [0.1, 0.15) is 11.6 Å². The van der Waals surface area contributed by atoms with Crippen molar-refractivity contribution in [3.63, 3.8) is 0 Å². The van der Waals surface area contributed by atoms with Gasteiger partial charge >= 0.3 is 0 Å². The number of pyridine rings is 2. The van der Waals surface area contributed by atoms with Crippen molar-refractivity contribution in [1.29, 1.82) is 0 Å². The summed E-state index contributed by atoms with van der Waals surface area (Å²) in [5.74, 6) is -0.488. The van der Waals surface area contributed by atoms with Crippen LogP contribution in [-0.2, 0) is 0 Å². The zero-order valence-corrected chi connectivity index (χ0v) is 19.4. The van der Waals surface area contributed by atoms with Crippen LogP contribution in [-0.4, -0.2) is 22.5 Å². The summed E-state index contributed by atoms with van der Waals surface area (Å²) < 4.78 is 24.7. The summed E-state index contributed by atoms with van der Waals surface area (Å²) in [6.07, 6.45) is 7.54. The van der Waals surface area contributed by atoms with Crippen LogP contribution in [0.3, 0.4) is 0 Å². The molecule has 0 saturated carbocycles. The summed E-state index contributed by atoms with van der Waals surface area (Å²) in [5, 5.41) is 0.444. The van der Waals surface area contributed by atoms with E-state index in [2.05, 4.69) is 22.6 Å². The third kappa shape index (κ3) is 9.53. The highest BCUT2D eigenvalue weighted by molar-refractivity contribution is 7.99. The molecule has 0 aliphatic rings. The van der Waals surface area contributed by atoms with E-state index in [1.54, 1.807) is 42.6 Å². The van der Waals surface area contributed by atoms with Crippen molar-refractivity contribution in [2.45, 2.75) is 14.7 Å². The van der Waals surface area contributed by atoms with E-state index in [1.807, 2.05) is 0 Å². The van der Waals surface area contributed by atoms with Crippen LogP contribution in [0.4, 0.5) is 8.78 Å². The summed E-state index contributed by atoms with van der Waals surface area (Å²) in [6.45, 7) is 0. The van der Waals surface area contributed by atoms with Crippen molar-refractivity contribution in [2.24, 2.45) is 0 Å². The van der Waals surface area contributed by atoms with Crippen LogP contribution in [0.25, 0.3) is 0 Å². The smallest absolute Gasteiger partial charge is 0.153 e. The molecule has 0 aliphatic carbocycles. The van der Waals surface area contributed by atoms with Crippen molar-refractivity contribution >= 4 is 48.6 Å². The predicted molar refractivity (Wildman–Crippen MR) is 128 cm³/mol. The first-order valence-electron chi connectivity index (χ1n) is 9.24. The Morgan fingerprint density at radius 2 is 1.27 bits per heavy atom. The van der Waals surface area contributed by atoms with E-state index in [1.165, 1.54) is 54.6 Å². The van der Waals surface area contributed by atoms with Gasteiger partial charge in [-0.1, -0.05) is 23.4 Å². The first-order chi connectivity index (χ1) is 15.9. The first-order valence-corrected chi connectivity index (χ1v) is 10.9. The SMILES string of the molecule is Fc1ccc(S)cc1.O=Cc1cnccc1Cl.O=Cc1cnccc1Sc1ccc(F)cc1. The molecule has 9 heteroatoms. The number of aromatic nitrogens is 2. The molecule has 0 spiro atoms. The maximum atomic E-state index is 12.7. The van der Waals surface area contributed by atoms with Crippen LogP contribution in [0.5, 0.6) is 0 Å². The number of aldehydes is 2. The number of benzene rings is 2. The maximum absolute atomic E-state index is 12.7. The summed E-state index contributed by atoms with van der Waals surface area (Å²) >= 11 is 10.9. The van der Waals surface area contributed by atoms with Crippen molar-refractivity contribution in [3.05, 3.63) is 113 Å². The molecule has 168 valence electrons. The van der Waals surface area contributed by atoms with Gasteiger partial charge in [-0.2, -0.15) is 0 Å². The van der Waals surface area contributed by atoms with Gasteiger partial charge in [0.25, 0.3) is 0 Å². The summed E-state index contributed by atoms with van der Waals surface area (Å²) in [4.78, 5) is 30.9. The van der Waals surface area contributed by atoms with Crippen LogP contribution < -0.4 is 0 Å². The monoisotopic (exact) mass is 502 g/mol. The van der Waals surface area contributed by atoms with Crippen LogP contribution in [0, 0.1) is 11.6 Å². The summed E-state index contributed by atoms with van der Waals surface area (Å²) in [7, 11) is 0. The molecule has 2 heterocycles. The van der Waals surface area contributed by atoms with Crippen LogP contribution in [0.2, 0.25) is 5.02 Å². The van der Waals surface area contributed by atoms with Crippen molar-refractivity contribution in [2.75, 3.05) is 0 Å². The molecule has 2 aromatic carbocycles. The van der Waals surface area contributed by atoms with Gasteiger partial charge in [0, 0.05) is 45.0 Å². The minimum absolute atomic E-state index is 0.220. The van der Waals surface area contributed by atoms with Crippen LogP contribution in [0.15, 0.2) is 100 Å². The molecule has 4 nitrogen and oxygen atoms in total. The van der Waals surface area contributed by atoms with Gasteiger partial charge in [-0.15, -0.1) is 12.6 Å². The third-order valence-corrected chi connectivity index (χ3v) is 5.47. The molecule has 33 heavy (non-hydrogen) atoms. The Morgan fingerprint density at radius 1 is 0.758 bits per heavy atom. The van der Waals surface area contributed by atoms with E-state index in [9.17, 15) is 18.4 Å². The highest BCUT2D eigenvalue weighted by Crippen LogP contribution is 2.29. The van der Waals surface area contributed by atoms with Crippen molar-refractivity contribution < 1.29 is 18.4 Å². The lowest BCUT2D eigenvalue weighted by Gasteiger charge is -2.03. The second-order valence-electron chi connectivity index (χ2n) is 6.08. The van der Waals surface area contributed by atoms with E-state index >= 15 is 0 Å². The molecule has 0 atom stereocenters. The number of halogens is 3. The lowest BCUT2D eigenvalue weighted by Crippen LogP contribution is -1.86. The van der Waals surface area contributed by atoms with E-state index in [0.29, 0.717) is 22.4 Å². The molecular weight excluding hydrogens is 486 g/mol. The molecule has 0 bridgehead atoms. The van der Waals surface area contributed by atoms with Gasteiger partial charge in [-0.05, 0) is 60.7 Å². The molecule has 0 amide bonds. The van der Waals surface area contributed by atoms with E-state index in [-0.39, 0.29) is 11.6 Å². The summed E-state index contributed by atoms with van der Waals surface area (Å²) in [6, 6.07) is 15.4. The molecule has 4 rings (SSSR count). The van der Waals surface area contributed by atoms with E-state index in [0.717, 1.165) is 21.0 Å². The Balaban J connectivity index is 0.000000192. The Kier molecular flexibility index (Phi) is 11.2. The van der Waals surface area contributed by atoms with Crippen molar-refractivity contribution in [3.8, 4) is 0 Å². The second-order valence-corrected chi connectivity index (χ2v) is 8.12. The van der Waals surface area contributed by atoms with Crippen molar-refractivity contribution in [1.82, 2.24) is 9.97 Å². The standard InChI is InChI=1S/C12H8FNOS.C6H4ClNO.C6H5FS/c13-10-1-3-11(4-2-10)16-12-5-6-14-7-9(12)8-15;7-6-1-2-8-3-5(6)4-9;7-5-1-3-6(8)4-2-5/h1-8H;1-4H;1-4,8H. The topological polar surface area (TPSA) is 59.9 Å². The van der Waals surface area contributed by atoms with Gasteiger partial charge in [-0.25, -0.2) is 8.78 Å². The third-order valence-electron chi connectivity index (χ3n) is 3.73. The molecule has 0 radical (unpaired) electrons. The lowest BCUT2D eigenvalue weighted by atomic mass is 10.3. The molecule has 0 N–H and O–H groups in total. The molecule has 2 aromatic heterocycles. The second kappa shape index (κ2) is 14.2. The quantitative estimate of drug-likeness (QED) is 0.244. The molecule has 0 fully saturated rings. The number of carbonyl (C=O) groups excluding carboxylic acids is 2. The van der Waals surface area contributed by atoms with Crippen LogP contribution in [0.1, 0.15) is 20.7 Å². The average molecular weight is 503 g/mol. The minimum Gasteiger partial charge on any atom is -0.298 e. The Morgan fingerprint density at radius 3 is 1.76 bits per heavy atom. The molecule has 0 aliphatic heterocycles. The fourth-order valence-electron chi connectivity index (χ4n) is 2.12. The van der Waals surface area contributed by atoms with E-state index < -0.39 is 0 Å². The largest absolute Gasteiger partial charge is 0.298 e. The fraction of sp³-hybridized carbons (Fsp3) is 0. The predicted octanol–water partition coefficient (Wildman–Crippen LogP) is 6.85. The van der Waals surface area contributed by atoms with Gasteiger partial charge in [0.15, 0.2) is 12.6 Å². The lowest BCUT2D eigenvalue weighted by molar-refractivity contribution is 0.111. The molecular formula is C24H17ClF2N2O2S2. The van der Waals surface area contributed by atoms with Gasteiger partial charge in [0.05, 0.1) is 10.6 Å². The molecule has 4 aromatic rings. The Bertz CT molecular complexity index is 1160. The fourth-order valence-corrected chi connectivity index (χ4v) is 3.29. The number of thiol groups is 1. The maximum Gasteiger partial charge on any atom is 0.153 e. The van der Waals surface area contributed by atoms with Gasteiger partial charge < -0.3 is 0 Å². The van der Waals surface area contributed by atoms with E-state index in [4.69, 9.17) is 11.6 Å². The zero-order chi connectivity index (χ0) is 24.1. The van der Waals surface area contributed by atoms with Gasteiger partial charge in [0.2, 0.25) is 0 Å². The minimum atomic E-state index is -0.269. The Hall–Kier alpha value is -3.07.